The fraction of sp³-hybridized carbons (Fsp3) is 0.364. The van der Waals surface area contributed by atoms with Crippen molar-refractivity contribution in [1.82, 2.24) is 19.9 Å². The molecule has 0 bridgehead atoms. The highest BCUT2D eigenvalue weighted by Crippen LogP contribution is 2.07. The van der Waals surface area contributed by atoms with E-state index in [2.05, 4.69) is 61.5 Å². The molecular weight excluding hydrogens is 320 g/mol. The van der Waals surface area contributed by atoms with Crippen molar-refractivity contribution >= 4 is 21.9 Å². The Morgan fingerprint density at radius 2 is 1.38 bits per heavy atom. The molecule has 0 saturated heterocycles. The molecule has 2 N–H and O–H groups in total. The standard InChI is InChI=1S/2C7H6N2.2C4H10.2H2/c1-3-8-5-7-6(1)2-4-9-7;1-2-6-3-5-9-7(6)8-4-1;2*1-4(2)3;;/h1-5,9H;1-5H,(H,8,9);2*4H,1-3H3;2*1H. The van der Waals surface area contributed by atoms with Gasteiger partial charge in [-0.05, 0) is 42.2 Å². The number of aromatic nitrogens is 4. The molecule has 4 heterocycles. The number of hydrogen-bond donors (Lipinski definition) is 2. The predicted molar refractivity (Wildman–Crippen MR) is 117 cm³/mol. The fourth-order valence-corrected chi connectivity index (χ4v) is 1.78. The average Bonchev–Trinajstić information content (AvgIpc) is 3.23. The van der Waals surface area contributed by atoms with Crippen LogP contribution >= 0.6 is 0 Å². The normalized spacial score (nSPS) is 9.85. The Labute approximate surface area is 160 Å². The summed E-state index contributed by atoms with van der Waals surface area (Å²) in [7, 11) is 0. The summed E-state index contributed by atoms with van der Waals surface area (Å²) in [5, 5.41) is 2.38. The molecule has 26 heavy (non-hydrogen) atoms. The molecule has 0 atom stereocenters. The maximum Gasteiger partial charge on any atom is 0.137 e. The highest BCUT2D eigenvalue weighted by molar-refractivity contribution is 5.77. The molecule has 0 fully saturated rings. The lowest BCUT2D eigenvalue weighted by molar-refractivity contribution is 0.736. The summed E-state index contributed by atoms with van der Waals surface area (Å²) >= 11 is 0. The summed E-state index contributed by atoms with van der Waals surface area (Å²) in [6.07, 6.45) is 9.17. The molecule has 0 unspecified atom stereocenters. The van der Waals surface area contributed by atoms with Crippen LogP contribution in [0.4, 0.5) is 0 Å². The zero-order chi connectivity index (χ0) is 19.4. The molecule has 0 aliphatic heterocycles. The molecule has 0 amide bonds. The van der Waals surface area contributed by atoms with Crippen LogP contribution < -0.4 is 0 Å². The van der Waals surface area contributed by atoms with Crippen LogP contribution in [-0.4, -0.2) is 19.9 Å². The van der Waals surface area contributed by atoms with Gasteiger partial charge in [0.05, 0.1) is 11.7 Å². The molecule has 4 rings (SSSR count). The largest absolute Gasteiger partial charge is 0.360 e. The van der Waals surface area contributed by atoms with Gasteiger partial charge in [-0.15, -0.1) is 0 Å². The molecule has 0 saturated carbocycles. The Morgan fingerprint density at radius 1 is 0.769 bits per heavy atom. The van der Waals surface area contributed by atoms with E-state index in [1.807, 2.05) is 48.9 Å². The molecule has 4 nitrogen and oxygen atoms in total. The Morgan fingerprint density at radius 3 is 2.00 bits per heavy atom. The van der Waals surface area contributed by atoms with Gasteiger partial charge >= 0.3 is 0 Å². The van der Waals surface area contributed by atoms with Crippen LogP contribution in [0, 0.1) is 11.8 Å². The number of fused-ring (bicyclic) bond motifs is 2. The third-order valence-electron chi connectivity index (χ3n) is 2.68. The Balaban J connectivity index is 0. The third-order valence-corrected chi connectivity index (χ3v) is 2.68. The molecule has 4 aromatic heterocycles. The van der Waals surface area contributed by atoms with E-state index in [4.69, 9.17) is 0 Å². The Bertz CT molecular complexity index is 716. The van der Waals surface area contributed by atoms with Crippen LogP contribution in [0.1, 0.15) is 44.4 Å². The first-order valence-corrected chi connectivity index (χ1v) is 9.15. The number of nitrogens with one attached hydrogen (secondary N) is 2. The van der Waals surface area contributed by atoms with Crippen LogP contribution in [0.5, 0.6) is 0 Å². The molecule has 4 aromatic rings. The molecule has 144 valence electrons. The van der Waals surface area contributed by atoms with E-state index >= 15 is 0 Å². The molecule has 0 aliphatic carbocycles. The molecule has 0 aromatic carbocycles. The minimum atomic E-state index is 0. The second kappa shape index (κ2) is 11.9. The summed E-state index contributed by atoms with van der Waals surface area (Å²) in [6, 6.07) is 9.96. The fourth-order valence-electron chi connectivity index (χ4n) is 1.78. The quantitative estimate of drug-likeness (QED) is 0.358. The van der Waals surface area contributed by atoms with Gasteiger partial charge in [-0.1, -0.05) is 41.5 Å². The van der Waals surface area contributed by atoms with Crippen LogP contribution in [0.15, 0.2) is 61.3 Å². The maximum atomic E-state index is 4.09. The Hall–Kier alpha value is -2.62. The molecule has 0 aliphatic rings. The lowest BCUT2D eigenvalue weighted by atomic mass is 10.3. The topological polar surface area (TPSA) is 57.4 Å². The van der Waals surface area contributed by atoms with E-state index < -0.39 is 0 Å². The SMILES string of the molecule is CC(C)C.CC(C)C.[HH].[HH].c1cc2cc[nH]c2cn1.c1cnc2[nH]ccc2c1. The van der Waals surface area contributed by atoms with Crippen molar-refractivity contribution in [3.8, 4) is 0 Å². The lowest BCUT2D eigenvalue weighted by Crippen LogP contribution is -1.70. The van der Waals surface area contributed by atoms with Crippen molar-refractivity contribution in [2.75, 3.05) is 0 Å². The van der Waals surface area contributed by atoms with E-state index in [-0.39, 0.29) is 2.85 Å². The highest BCUT2D eigenvalue weighted by atomic mass is 14.8. The number of hydrogen-bond acceptors (Lipinski definition) is 2. The number of H-pyrrole nitrogens is 2. The zero-order valence-electron chi connectivity index (χ0n) is 16.8. The summed E-state index contributed by atoms with van der Waals surface area (Å²) in [4.78, 5) is 14.1. The van der Waals surface area contributed by atoms with E-state index in [0.717, 1.165) is 28.4 Å². The minimum Gasteiger partial charge on any atom is -0.360 e. The Kier molecular flexibility index (Phi) is 9.77. The first-order valence-electron chi connectivity index (χ1n) is 9.15. The van der Waals surface area contributed by atoms with Crippen molar-refractivity contribution < 1.29 is 2.85 Å². The number of rotatable bonds is 0. The van der Waals surface area contributed by atoms with Crippen LogP contribution in [0.2, 0.25) is 0 Å². The second-order valence-electron chi connectivity index (χ2n) is 7.32. The lowest BCUT2D eigenvalue weighted by Gasteiger charge is -1.82. The molecular formula is C22H36N4. The van der Waals surface area contributed by atoms with Crippen LogP contribution in [0.25, 0.3) is 21.9 Å². The van der Waals surface area contributed by atoms with Gasteiger partial charge < -0.3 is 9.97 Å². The van der Waals surface area contributed by atoms with Gasteiger partial charge in [0.15, 0.2) is 0 Å². The average molecular weight is 357 g/mol. The summed E-state index contributed by atoms with van der Waals surface area (Å²) in [5.41, 5.74) is 2.05. The van der Waals surface area contributed by atoms with Gasteiger partial charge in [-0.3, -0.25) is 4.98 Å². The smallest absolute Gasteiger partial charge is 0.137 e. The van der Waals surface area contributed by atoms with E-state index in [1.165, 1.54) is 5.39 Å². The molecule has 0 spiro atoms. The van der Waals surface area contributed by atoms with Crippen LogP contribution in [0.3, 0.4) is 0 Å². The highest BCUT2D eigenvalue weighted by Gasteiger charge is 1.88. The minimum absolute atomic E-state index is 0. The molecule has 4 heteroatoms. The first-order chi connectivity index (χ1) is 12.4. The predicted octanol–water partition coefficient (Wildman–Crippen LogP) is 6.94. The summed E-state index contributed by atoms with van der Waals surface area (Å²) in [5.74, 6) is 1.67. The summed E-state index contributed by atoms with van der Waals surface area (Å²) < 4.78 is 0. The van der Waals surface area contributed by atoms with Crippen molar-refractivity contribution in [2.45, 2.75) is 41.5 Å². The van der Waals surface area contributed by atoms with E-state index in [0.29, 0.717) is 0 Å². The number of aromatic amines is 2. The van der Waals surface area contributed by atoms with Gasteiger partial charge in [0.2, 0.25) is 0 Å². The van der Waals surface area contributed by atoms with Crippen molar-refractivity contribution in [2.24, 2.45) is 11.8 Å². The van der Waals surface area contributed by atoms with E-state index in [9.17, 15) is 0 Å². The number of pyridine rings is 2. The summed E-state index contributed by atoms with van der Waals surface area (Å²) in [6.45, 7) is 13.0. The van der Waals surface area contributed by atoms with E-state index in [1.54, 1.807) is 12.4 Å². The van der Waals surface area contributed by atoms with Gasteiger partial charge in [0, 0.05) is 38.4 Å². The zero-order valence-corrected chi connectivity index (χ0v) is 16.8. The van der Waals surface area contributed by atoms with Crippen molar-refractivity contribution in [3.05, 3.63) is 61.3 Å². The number of nitrogens with zero attached hydrogens (tertiary/aromatic N) is 2. The van der Waals surface area contributed by atoms with Gasteiger partial charge in [-0.25, -0.2) is 4.98 Å². The van der Waals surface area contributed by atoms with Crippen molar-refractivity contribution in [1.29, 1.82) is 0 Å². The van der Waals surface area contributed by atoms with Gasteiger partial charge in [0.25, 0.3) is 0 Å². The maximum absolute atomic E-state index is 4.09. The van der Waals surface area contributed by atoms with Crippen LogP contribution in [-0.2, 0) is 0 Å². The monoisotopic (exact) mass is 356 g/mol. The van der Waals surface area contributed by atoms with Gasteiger partial charge in [0.1, 0.15) is 5.65 Å². The molecule has 0 radical (unpaired) electrons. The first kappa shape index (κ1) is 21.4. The third kappa shape index (κ3) is 9.02. The van der Waals surface area contributed by atoms with Gasteiger partial charge in [-0.2, -0.15) is 0 Å². The van der Waals surface area contributed by atoms with Crippen molar-refractivity contribution in [3.63, 3.8) is 0 Å². The second-order valence-corrected chi connectivity index (χ2v) is 7.32.